The van der Waals surface area contributed by atoms with Crippen LogP contribution in [0.1, 0.15) is 11.1 Å². The van der Waals surface area contributed by atoms with Gasteiger partial charge in [-0.05, 0) is 37.6 Å². The number of aryl methyl sites for hydroxylation is 2. The summed E-state index contributed by atoms with van der Waals surface area (Å²) < 4.78 is 5.60. The van der Waals surface area contributed by atoms with Gasteiger partial charge in [0.15, 0.2) is 0 Å². The van der Waals surface area contributed by atoms with Crippen LogP contribution in [0.2, 0.25) is 0 Å². The van der Waals surface area contributed by atoms with Crippen LogP contribution in [0.3, 0.4) is 0 Å². The normalized spacial score (nSPS) is 10.2. The molecule has 1 aromatic carbocycles. The van der Waals surface area contributed by atoms with Crippen LogP contribution >= 0.6 is 0 Å². The Balaban J connectivity index is 2.39. The van der Waals surface area contributed by atoms with E-state index in [1.165, 1.54) is 6.07 Å². The van der Waals surface area contributed by atoms with Crippen LogP contribution in [0.25, 0.3) is 0 Å². The maximum atomic E-state index is 10.8. The summed E-state index contributed by atoms with van der Waals surface area (Å²) in [6.07, 6.45) is 1.57. The van der Waals surface area contributed by atoms with Crippen LogP contribution in [0.5, 0.6) is 11.6 Å². The van der Waals surface area contributed by atoms with Crippen LogP contribution in [0.4, 0.5) is 11.4 Å². The Hall–Kier alpha value is -2.63. The topological polar surface area (TPSA) is 91.3 Å². The van der Waals surface area contributed by atoms with E-state index in [4.69, 9.17) is 10.5 Å². The number of nitro benzene ring substituents is 1. The summed E-state index contributed by atoms with van der Waals surface area (Å²) in [6.45, 7) is 3.40. The highest BCUT2D eigenvalue weighted by molar-refractivity contribution is 5.53. The molecule has 0 aliphatic heterocycles. The van der Waals surface area contributed by atoms with Crippen molar-refractivity contribution in [3.05, 3.63) is 51.7 Å². The van der Waals surface area contributed by atoms with E-state index >= 15 is 0 Å². The molecule has 0 aliphatic carbocycles. The first-order chi connectivity index (χ1) is 8.99. The average Bonchev–Trinajstić information content (AvgIpc) is 2.35. The Kier molecular flexibility index (Phi) is 3.33. The van der Waals surface area contributed by atoms with Gasteiger partial charge in [0.05, 0.1) is 10.6 Å². The van der Waals surface area contributed by atoms with Gasteiger partial charge in [-0.3, -0.25) is 10.1 Å². The number of nitrogens with two attached hydrogens (primary N) is 1. The van der Waals surface area contributed by atoms with Crippen molar-refractivity contribution in [3.63, 3.8) is 0 Å². The van der Waals surface area contributed by atoms with Gasteiger partial charge in [0.1, 0.15) is 5.75 Å². The molecule has 6 heteroatoms. The Morgan fingerprint density at radius 2 is 2.05 bits per heavy atom. The summed E-state index contributed by atoms with van der Waals surface area (Å²) in [5.41, 5.74) is 7.40. The second-order valence-corrected chi connectivity index (χ2v) is 4.16. The van der Waals surface area contributed by atoms with Crippen LogP contribution < -0.4 is 10.5 Å². The second-order valence-electron chi connectivity index (χ2n) is 4.16. The quantitative estimate of drug-likeness (QED) is 0.675. The molecule has 2 N–H and O–H groups in total. The number of ether oxygens (including phenoxy) is 1. The monoisotopic (exact) mass is 259 g/mol. The lowest BCUT2D eigenvalue weighted by molar-refractivity contribution is -0.385. The van der Waals surface area contributed by atoms with Gasteiger partial charge >= 0.3 is 0 Å². The van der Waals surface area contributed by atoms with E-state index in [1.807, 2.05) is 0 Å². The maximum Gasteiger partial charge on any atom is 0.272 e. The summed E-state index contributed by atoms with van der Waals surface area (Å²) in [5.74, 6) is 0.798. The summed E-state index contributed by atoms with van der Waals surface area (Å²) in [6, 6.07) is 6.47. The van der Waals surface area contributed by atoms with Crippen molar-refractivity contribution in [3.8, 4) is 11.6 Å². The van der Waals surface area contributed by atoms with E-state index in [-0.39, 0.29) is 5.69 Å². The number of rotatable bonds is 3. The van der Waals surface area contributed by atoms with E-state index in [0.717, 1.165) is 0 Å². The van der Waals surface area contributed by atoms with Gasteiger partial charge in [0.25, 0.3) is 5.69 Å². The molecule has 0 saturated heterocycles. The van der Waals surface area contributed by atoms with E-state index < -0.39 is 4.92 Å². The fourth-order valence-corrected chi connectivity index (χ4v) is 1.67. The Morgan fingerprint density at radius 1 is 1.32 bits per heavy atom. The third kappa shape index (κ3) is 2.62. The Morgan fingerprint density at radius 3 is 2.68 bits per heavy atom. The van der Waals surface area contributed by atoms with Gasteiger partial charge in [0.2, 0.25) is 5.88 Å². The molecule has 0 aliphatic rings. The van der Waals surface area contributed by atoms with Crippen molar-refractivity contribution >= 4 is 11.4 Å². The lowest BCUT2D eigenvalue weighted by atomic mass is 10.1. The zero-order valence-electron chi connectivity index (χ0n) is 10.6. The zero-order chi connectivity index (χ0) is 14.0. The highest BCUT2D eigenvalue weighted by atomic mass is 16.6. The molecular weight excluding hydrogens is 246 g/mol. The second kappa shape index (κ2) is 4.93. The number of pyridine rings is 1. The number of benzene rings is 1. The molecule has 0 amide bonds. The summed E-state index contributed by atoms with van der Waals surface area (Å²) in [7, 11) is 0. The minimum atomic E-state index is -0.415. The predicted molar refractivity (Wildman–Crippen MR) is 71.3 cm³/mol. The highest BCUT2D eigenvalue weighted by Crippen LogP contribution is 2.32. The minimum Gasteiger partial charge on any atom is -0.437 e. The maximum absolute atomic E-state index is 10.8. The number of anilines is 1. The number of aromatic nitrogens is 1. The molecule has 19 heavy (non-hydrogen) atoms. The van der Waals surface area contributed by atoms with Gasteiger partial charge in [0, 0.05) is 17.8 Å². The number of hydrogen-bond acceptors (Lipinski definition) is 5. The lowest BCUT2D eigenvalue weighted by Gasteiger charge is -2.10. The van der Waals surface area contributed by atoms with Gasteiger partial charge in [-0.2, -0.15) is 0 Å². The predicted octanol–water partition coefficient (Wildman–Crippen LogP) is 2.98. The standard InChI is InChI=1S/C13H13N3O3/c1-8-7-12(9(2)6-11(8)16(17)18)19-13-10(14)4-3-5-15-13/h3-7H,14H2,1-2H3. The fourth-order valence-electron chi connectivity index (χ4n) is 1.67. The van der Waals surface area contributed by atoms with Crippen LogP contribution in [0.15, 0.2) is 30.5 Å². The molecule has 6 nitrogen and oxygen atoms in total. The van der Waals surface area contributed by atoms with Gasteiger partial charge in [-0.15, -0.1) is 0 Å². The number of hydrogen-bond donors (Lipinski definition) is 1. The first-order valence-corrected chi connectivity index (χ1v) is 5.63. The van der Waals surface area contributed by atoms with E-state index in [0.29, 0.717) is 28.4 Å². The molecule has 0 bridgehead atoms. The van der Waals surface area contributed by atoms with Crippen molar-refractivity contribution in [2.75, 3.05) is 5.73 Å². The third-order valence-corrected chi connectivity index (χ3v) is 2.70. The molecule has 98 valence electrons. The SMILES string of the molecule is Cc1cc([N+](=O)[O-])c(C)cc1Oc1ncccc1N. The van der Waals surface area contributed by atoms with Crippen molar-refractivity contribution in [1.82, 2.24) is 4.98 Å². The first-order valence-electron chi connectivity index (χ1n) is 5.63. The van der Waals surface area contributed by atoms with Crippen molar-refractivity contribution in [2.45, 2.75) is 13.8 Å². The molecule has 0 atom stereocenters. The smallest absolute Gasteiger partial charge is 0.272 e. The van der Waals surface area contributed by atoms with Gasteiger partial charge in [-0.1, -0.05) is 0 Å². The van der Waals surface area contributed by atoms with E-state index in [2.05, 4.69) is 4.98 Å². The highest BCUT2D eigenvalue weighted by Gasteiger charge is 2.15. The molecule has 0 unspecified atom stereocenters. The fraction of sp³-hybridized carbons (Fsp3) is 0.154. The number of nitrogen functional groups attached to an aromatic ring is 1. The van der Waals surface area contributed by atoms with Crippen LogP contribution in [0, 0.1) is 24.0 Å². The minimum absolute atomic E-state index is 0.0684. The molecule has 1 aromatic heterocycles. The van der Waals surface area contributed by atoms with Crippen LogP contribution in [-0.4, -0.2) is 9.91 Å². The third-order valence-electron chi connectivity index (χ3n) is 2.70. The van der Waals surface area contributed by atoms with E-state index in [1.54, 1.807) is 38.2 Å². The van der Waals surface area contributed by atoms with Crippen molar-refractivity contribution in [2.24, 2.45) is 0 Å². The zero-order valence-corrected chi connectivity index (χ0v) is 10.6. The van der Waals surface area contributed by atoms with Gasteiger partial charge < -0.3 is 10.5 Å². The molecule has 0 radical (unpaired) electrons. The average molecular weight is 259 g/mol. The first kappa shape index (κ1) is 12.8. The molecule has 0 fully saturated rings. The molecule has 0 saturated carbocycles. The molecule has 2 aromatic rings. The molecule has 2 rings (SSSR count). The van der Waals surface area contributed by atoms with E-state index in [9.17, 15) is 10.1 Å². The Bertz CT molecular complexity index is 641. The molecule has 0 spiro atoms. The largest absolute Gasteiger partial charge is 0.437 e. The summed E-state index contributed by atoms with van der Waals surface area (Å²) in [4.78, 5) is 14.4. The van der Waals surface area contributed by atoms with Crippen LogP contribution in [-0.2, 0) is 0 Å². The van der Waals surface area contributed by atoms with Gasteiger partial charge in [-0.25, -0.2) is 4.98 Å². The number of nitro groups is 1. The van der Waals surface area contributed by atoms with Crippen molar-refractivity contribution < 1.29 is 9.66 Å². The lowest BCUT2D eigenvalue weighted by Crippen LogP contribution is -1.98. The molecular formula is C13H13N3O3. The summed E-state index contributed by atoms with van der Waals surface area (Å²) in [5, 5.41) is 10.8. The summed E-state index contributed by atoms with van der Waals surface area (Å²) >= 11 is 0. The molecule has 1 heterocycles. The Labute approximate surface area is 110 Å². The number of nitrogens with zero attached hydrogens (tertiary/aromatic N) is 2. The van der Waals surface area contributed by atoms with Crippen molar-refractivity contribution in [1.29, 1.82) is 0 Å².